The van der Waals surface area contributed by atoms with Crippen LogP contribution < -0.4 is 14.4 Å². The highest BCUT2D eigenvalue weighted by Crippen LogP contribution is 2.60. The molecule has 4 bridgehead atoms. The van der Waals surface area contributed by atoms with Crippen LogP contribution in [0.5, 0.6) is 5.75 Å². The van der Waals surface area contributed by atoms with Crippen LogP contribution in [0.25, 0.3) is 0 Å². The van der Waals surface area contributed by atoms with Crippen molar-refractivity contribution in [2.45, 2.75) is 56.9 Å². The van der Waals surface area contributed by atoms with Crippen LogP contribution in [-0.4, -0.2) is 34.2 Å². The summed E-state index contributed by atoms with van der Waals surface area (Å²) in [6.07, 6.45) is 9.10. The molecule has 2 aromatic carbocycles. The maximum atomic E-state index is 12.9. The number of rotatable bonds is 8. The van der Waals surface area contributed by atoms with Gasteiger partial charge in [-0.1, -0.05) is 30.3 Å². The predicted octanol–water partition coefficient (Wildman–Crippen LogP) is 4.81. The summed E-state index contributed by atoms with van der Waals surface area (Å²) in [6.45, 7) is 1.59. The van der Waals surface area contributed by atoms with Crippen molar-refractivity contribution < 1.29 is 17.9 Å². The van der Waals surface area contributed by atoms with E-state index in [9.17, 15) is 13.2 Å². The van der Waals surface area contributed by atoms with Crippen molar-refractivity contribution in [3.63, 3.8) is 0 Å². The number of carbonyl (C=O) groups excluding carboxylic acids is 1. The molecule has 0 saturated heterocycles. The number of methoxy groups -OCH3 is 1. The first-order chi connectivity index (χ1) is 16.7. The number of hydrogen-bond donors (Lipinski definition) is 1. The minimum absolute atomic E-state index is 0.255. The molecule has 4 aliphatic rings. The average Bonchev–Trinajstić information content (AvgIpc) is 2.81. The van der Waals surface area contributed by atoms with E-state index in [1.165, 1.54) is 48.4 Å². The Bertz CT molecular complexity index is 1160. The topological polar surface area (TPSA) is 75.7 Å². The lowest BCUT2D eigenvalue weighted by Crippen LogP contribution is -2.48. The Morgan fingerprint density at radius 1 is 1.03 bits per heavy atom. The van der Waals surface area contributed by atoms with Crippen LogP contribution >= 0.6 is 0 Å². The Balaban J connectivity index is 1.32. The molecule has 0 radical (unpaired) electrons. The fraction of sp³-hybridized carbons (Fsp3) is 0.536. The number of hydrogen-bond acceptors (Lipinski definition) is 4. The highest BCUT2D eigenvalue weighted by atomic mass is 32.2. The standard InChI is InChI=1S/C28H36N2O4S/c1-19(25-6-4-5-7-26(25)34-2)29-27(31)18-30(35(3,32)33)24-10-8-23(9-11-24)28-15-20-12-21(16-28)14-22(13-20)17-28/h4-11,19-22H,12-18H2,1-3H3,(H,29,31)/t19-,20?,21?,22?,28?/m0/s1. The van der Waals surface area contributed by atoms with Crippen LogP contribution in [0, 0.1) is 17.8 Å². The summed E-state index contributed by atoms with van der Waals surface area (Å²) in [6, 6.07) is 15.1. The van der Waals surface area contributed by atoms with Crippen molar-refractivity contribution in [3.8, 4) is 5.75 Å². The molecule has 35 heavy (non-hydrogen) atoms. The van der Waals surface area contributed by atoms with Crippen molar-refractivity contribution in [2.75, 3.05) is 24.2 Å². The molecular formula is C28H36N2O4S. The van der Waals surface area contributed by atoms with Crippen LogP contribution in [-0.2, 0) is 20.2 Å². The number of benzene rings is 2. The molecule has 0 spiro atoms. The van der Waals surface area contributed by atoms with Gasteiger partial charge >= 0.3 is 0 Å². The van der Waals surface area contributed by atoms with Gasteiger partial charge in [-0.2, -0.15) is 0 Å². The van der Waals surface area contributed by atoms with Gasteiger partial charge in [0.25, 0.3) is 0 Å². The smallest absolute Gasteiger partial charge is 0.241 e. The van der Waals surface area contributed by atoms with Gasteiger partial charge in [0.1, 0.15) is 12.3 Å². The number of amides is 1. The third kappa shape index (κ3) is 4.80. The van der Waals surface area contributed by atoms with E-state index < -0.39 is 10.0 Å². The van der Waals surface area contributed by atoms with E-state index in [1.807, 2.05) is 43.3 Å². The molecule has 1 N–H and O–H groups in total. The maximum Gasteiger partial charge on any atom is 0.241 e. The Morgan fingerprint density at radius 2 is 1.60 bits per heavy atom. The van der Waals surface area contributed by atoms with E-state index in [2.05, 4.69) is 17.4 Å². The molecule has 0 aliphatic heterocycles. The van der Waals surface area contributed by atoms with E-state index in [4.69, 9.17) is 4.74 Å². The van der Waals surface area contributed by atoms with E-state index in [0.29, 0.717) is 11.4 Å². The van der Waals surface area contributed by atoms with Gasteiger partial charge in [0.05, 0.1) is 25.1 Å². The highest BCUT2D eigenvalue weighted by Gasteiger charge is 2.51. The minimum Gasteiger partial charge on any atom is -0.496 e. The Morgan fingerprint density at radius 3 is 2.14 bits per heavy atom. The number of anilines is 1. The van der Waals surface area contributed by atoms with E-state index >= 15 is 0 Å². The number of nitrogens with one attached hydrogen (secondary N) is 1. The lowest BCUT2D eigenvalue weighted by Gasteiger charge is -2.57. The summed E-state index contributed by atoms with van der Waals surface area (Å²) >= 11 is 0. The highest BCUT2D eigenvalue weighted by molar-refractivity contribution is 7.92. The Kier molecular flexibility index (Phi) is 6.32. The van der Waals surface area contributed by atoms with E-state index in [0.717, 1.165) is 29.6 Å². The third-order valence-electron chi connectivity index (χ3n) is 8.48. The van der Waals surface area contributed by atoms with Gasteiger partial charge < -0.3 is 10.1 Å². The molecule has 4 fully saturated rings. The monoisotopic (exact) mass is 496 g/mol. The summed E-state index contributed by atoms with van der Waals surface area (Å²) in [4.78, 5) is 12.9. The van der Waals surface area contributed by atoms with E-state index in [1.54, 1.807) is 7.11 Å². The van der Waals surface area contributed by atoms with Crippen LogP contribution in [0.3, 0.4) is 0 Å². The first-order valence-corrected chi connectivity index (χ1v) is 14.5. The normalized spacial score (nSPS) is 27.9. The molecule has 4 aliphatic carbocycles. The molecular weight excluding hydrogens is 460 g/mol. The van der Waals surface area contributed by atoms with Gasteiger partial charge in [-0.15, -0.1) is 0 Å². The largest absolute Gasteiger partial charge is 0.496 e. The van der Waals surface area contributed by atoms with Crippen molar-refractivity contribution in [1.82, 2.24) is 5.32 Å². The molecule has 2 aromatic rings. The number of sulfonamides is 1. The molecule has 0 aromatic heterocycles. The second-order valence-electron chi connectivity index (χ2n) is 11.0. The number of para-hydroxylation sites is 1. The molecule has 7 heteroatoms. The first-order valence-electron chi connectivity index (χ1n) is 12.7. The molecule has 0 unspecified atom stereocenters. The van der Waals surface area contributed by atoms with Crippen LogP contribution in [0.15, 0.2) is 48.5 Å². The molecule has 6 nitrogen and oxygen atoms in total. The zero-order valence-corrected chi connectivity index (χ0v) is 21.7. The second-order valence-corrected chi connectivity index (χ2v) is 13.0. The van der Waals surface area contributed by atoms with E-state index in [-0.39, 0.29) is 23.9 Å². The second kappa shape index (κ2) is 9.16. The fourth-order valence-corrected chi connectivity index (χ4v) is 8.22. The zero-order chi connectivity index (χ0) is 24.8. The molecule has 6 rings (SSSR count). The lowest BCUT2D eigenvalue weighted by molar-refractivity contribution is -0.120. The molecule has 4 saturated carbocycles. The number of nitrogens with zero attached hydrogens (tertiary/aromatic N) is 1. The molecule has 0 heterocycles. The lowest BCUT2D eigenvalue weighted by atomic mass is 9.48. The summed E-state index contributed by atoms with van der Waals surface area (Å²) in [5.41, 5.74) is 2.96. The molecule has 188 valence electrons. The van der Waals surface area contributed by atoms with Gasteiger partial charge in [-0.05, 0) is 92.4 Å². The minimum atomic E-state index is -3.64. The number of carbonyl (C=O) groups is 1. The van der Waals surface area contributed by atoms with Crippen LogP contribution in [0.2, 0.25) is 0 Å². The molecule has 1 amide bonds. The SMILES string of the molecule is COc1ccccc1[C@H](C)NC(=O)CN(c1ccc(C23CC4CC(CC(C4)C2)C3)cc1)S(C)(=O)=O. The first kappa shape index (κ1) is 24.2. The Labute approximate surface area is 209 Å². The summed E-state index contributed by atoms with van der Waals surface area (Å²) in [5, 5.41) is 2.92. The van der Waals surface area contributed by atoms with Gasteiger partial charge in [0.15, 0.2) is 0 Å². The van der Waals surface area contributed by atoms with Crippen molar-refractivity contribution >= 4 is 21.6 Å². The van der Waals surface area contributed by atoms with Crippen LogP contribution in [0.1, 0.15) is 62.6 Å². The van der Waals surface area contributed by atoms with Crippen molar-refractivity contribution in [1.29, 1.82) is 0 Å². The van der Waals surface area contributed by atoms with Gasteiger partial charge in [0, 0.05) is 5.56 Å². The summed E-state index contributed by atoms with van der Waals surface area (Å²) < 4.78 is 31.9. The molecule has 1 atom stereocenters. The van der Waals surface area contributed by atoms with Gasteiger partial charge in [0.2, 0.25) is 15.9 Å². The maximum absolute atomic E-state index is 12.9. The van der Waals surface area contributed by atoms with Crippen molar-refractivity contribution in [3.05, 3.63) is 59.7 Å². The average molecular weight is 497 g/mol. The van der Waals surface area contributed by atoms with Crippen molar-refractivity contribution in [2.24, 2.45) is 17.8 Å². The summed E-state index contributed by atoms with van der Waals surface area (Å²) in [7, 11) is -2.05. The third-order valence-corrected chi connectivity index (χ3v) is 9.62. The van der Waals surface area contributed by atoms with Gasteiger partial charge in [-0.3, -0.25) is 9.10 Å². The predicted molar refractivity (Wildman–Crippen MR) is 138 cm³/mol. The Hall–Kier alpha value is -2.54. The van der Waals surface area contributed by atoms with Gasteiger partial charge in [-0.25, -0.2) is 8.42 Å². The fourth-order valence-electron chi connectivity index (χ4n) is 7.36. The number of ether oxygens (including phenoxy) is 1. The van der Waals surface area contributed by atoms with Crippen LogP contribution in [0.4, 0.5) is 5.69 Å². The zero-order valence-electron chi connectivity index (χ0n) is 20.9. The quantitative estimate of drug-likeness (QED) is 0.569. The summed E-state index contributed by atoms with van der Waals surface area (Å²) in [5.74, 6) is 2.87.